The number of aliphatic hydroxyl groups is 1. The van der Waals surface area contributed by atoms with Crippen molar-refractivity contribution < 1.29 is 9.84 Å². The van der Waals surface area contributed by atoms with Crippen LogP contribution in [0.25, 0.3) is 0 Å². The Bertz CT molecular complexity index is 448. The van der Waals surface area contributed by atoms with Gasteiger partial charge in [0.15, 0.2) is 0 Å². The molecule has 0 aromatic heterocycles. The Hall–Kier alpha value is -1.06. The minimum atomic E-state index is -0.0809. The highest BCUT2D eigenvalue weighted by Gasteiger charge is 2.35. The first kappa shape index (κ1) is 15.3. The first-order chi connectivity index (χ1) is 9.52. The fraction of sp³-hybridized carbons (Fsp3) is 0.647. The van der Waals surface area contributed by atoms with Gasteiger partial charge < -0.3 is 14.7 Å². The summed E-state index contributed by atoms with van der Waals surface area (Å²) in [5.41, 5.74) is 2.41. The number of hydrogen-bond donors (Lipinski definition) is 1. The highest BCUT2D eigenvalue weighted by molar-refractivity contribution is 5.42. The molecule has 1 saturated heterocycles. The lowest BCUT2D eigenvalue weighted by Gasteiger charge is -2.40. The molecule has 0 radical (unpaired) electrons. The summed E-state index contributed by atoms with van der Waals surface area (Å²) in [5, 5.41) is 9.99. The number of nitrogens with zero attached hydrogens (tertiary/aromatic N) is 1. The van der Waals surface area contributed by atoms with Crippen LogP contribution in [0.1, 0.15) is 43.7 Å². The van der Waals surface area contributed by atoms with Crippen LogP contribution in [0.4, 0.5) is 0 Å². The van der Waals surface area contributed by atoms with E-state index in [4.69, 9.17) is 4.74 Å². The number of benzene rings is 1. The molecule has 0 unspecified atom stereocenters. The maximum Gasteiger partial charge on any atom is 0.122 e. The van der Waals surface area contributed by atoms with Crippen LogP contribution in [0.2, 0.25) is 0 Å². The van der Waals surface area contributed by atoms with Gasteiger partial charge in [0.25, 0.3) is 0 Å². The molecule has 1 fully saturated rings. The molecule has 0 saturated carbocycles. The predicted octanol–water partition coefficient (Wildman–Crippen LogP) is 2.77. The Balaban J connectivity index is 2.37. The average molecular weight is 277 g/mol. The lowest BCUT2D eigenvalue weighted by molar-refractivity contribution is 0.114. The van der Waals surface area contributed by atoms with E-state index in [1.54, 1.807) is 7.11 Å². The van der Waals surface area contributed by atoms with E-state index in [0.717, 1.165) is 31.7 Å². The zero-order chi connectivity index (χ0) is 14.8. The number of likely N-dealkylation sites (tertiary alicyclic amines) is 1. The fourth-order valence-electron chi connectivity index (χ4n) is 3.10. The van der Waals surface area contributed by atoms with Gasteiger partial charge in [-0.05, 0) is 56.1 Å². The van der Waals surface area contributed by atoms with E-state index in [0.29, 0.717) is 5.92 Å². The molecule has 112 valence electrons. The van der Waals surface area contributed by atoms with Crippen LogP contribution < -0.4 is 4.74 Å². The highest BCUT2D eigenvalue weighted by Crippen LogP contribution is 2.38. The molecule has 1 aliphatic heterocycles. The van der Waals surface area contributed by atoms with Gasteiger partial charge in [-0.2, -0.15) is 0 Å². The van der Waals surface area contributed by atoms with Crippen molar-refractivity contribution in [3.05, 3.63) is 29.3 Å². The second-order valence-corrected chi connectivity index (χ2v) is 6.35. The average Bonchev–Trinajstić information content (AvgIpc) is 2.47. The van der Waals surface area contributed by atoms with Gasteiger partial charge in [0.05, 0.1) is 13.7 Å². The van der Waals surface area contributed by atoms with Crippen LogP contribution in [0.5, 0.6) is 5.75 Å². The molecule has 1 heterocycles. The van der Waals surface area contributed by atoms with Crippen molar-refractivity contribution in [3.8, 4) is 5.75 Å². The molecular weight excluding hydrogens is 250 g/mol. The van der Waals surface area contributed by atoms with Crippen molar-refractivity contribution in [2.24, 2.45) is 0 Å². The van der Waals surface area contributed by atoms with Crippen molar-refractivity contribution in [1.29, 1.82) is 0 Å². The molecule has 3 heteroatoms. The predicted molar refractivity (Wildman–Crippen MR) is 82.6 cm³/mol. The molecule has 0 aliphatic carbocycles. The van der Waals surface area contributed by atoms with Gasteiger partial charge in [-0.15, -0.1) is 0 Å². The summed E-state index contributed by atoms with van der Waals surface area (Å²) >= 11 is 0. The smallest absolute Gasteiger partial charge is 0.122 e. The number of ether oxygens (including phenoxy) is 1. The van der Waals surface area contributed by atoms with E-state index in [2.05, 4.69) is 44.0 Å². The van der Waals surface area contributed by atoms with Crippen molar-refractivity contribution in [3.63, 3.8) is 0 Å². The van der Waals surface area contributed by atoms with Gasteiger partial charge in [-0.1, -0.05) is 26.0 Å². The topological polar surface area (TPSA) is 32.7 Å². The Morgan fingerprint density at radius 3 is 2.45 bits per heavy atom. The Morgan fingerprint density at radius 1 is 1.30 bits per heavy atom. The van der Waals surface area contributed by atoms with E-state index in [-0.39, 0.29) is 12.0 Å². The van der Waals surface area contributed by atoms with E-state index >= 15 is 0 Å². The van der Waals surface area contributed by atoms with Crippen LogP contribution in [-0.4, -0.2) is 43.9 Å². The molecule has 0 bridgehead atoms. The highest BCUT2D eigenvalue weighted by atomic mass is 16.5. The maximum absolute atomic E-state index is 9.99. The van der Waals surface area contributed by atoms with Crippen LogP contribution >= 0.6 is 0 Å². The SMILES string of the molecule is COc1ccc(C2(CO)CCN(C)CC2)cc1C(C)C. The van der Waals surface area contributed by atoms with Crippen molar-refractivity contribution >= 4 is 0 Å². The van der Waals surface area contributed by atoms with Crippen molar-refractivity contribution in [2.75, 3.05) is 33.9 Å². The first-order valence-corrected chi connectivity index (χ1v) is 7.50. The number of methoxy groups -OCH3 is 1. The second-order valence-electron chi connectivity index (χ2n) is 6.35. The Kier molecular flexibility index (Phi) is 4.71. The van der Waals surface area contributed by atoms with E-state index in [1.165, 1.54) is 11.1 Å². The largest absolute Gasteiger partial charge is 0.496 e. The van der Waals surface area contributed by atoms with Gasteiger partial charge in [0.2, 0.25) is 0 Å². The van der Waals surface area contributed by atoms with E-state index in [9.17, 15) is 5.11 Å². The summed E-state index contributed by atoms with van der Waals surface area (Å²) in [6.07, 6.45) is 2.04. The van der Waals surface area contributed by atoms with Gasteiger partial charge in [-0.3, -0.25) is 0 Å². The molecule has 1 N–H and O–H groups in total. The summed E-state index contributed by atoms with van der Waals surface area (Å²) < 4.78 is 5.46. The third-order valence-corrected chi connectivity index (χ3v) is 4.71. The summed E-state index contributed by atoms with van der Waals surface area (Å²) in [5.74, 6) is 1.37. The van der Waals surface area contributed by atoms with Crippen LogP contribution in [0.15, 0.2) is 18.2 Å². The van der Waals surface area contributed by atoms with Gasteiger partial charge in [0, 0.05) is 5.41 Å². The molecule has 0 spiro atoms. The van der Waals surface area contributed by atoms with E-state index < -0.39 is 0 Å². The molecule has 0 amide bonds. The number of piperidine rings is 1. The molecule has 1 aromatic carbocycles. The molecule has 1 aliphatic rings. The quantitative estimate of drug-likeness (QED) is 0.918. The van der Waals surface area contributed by atoms with Crippen LogP contribution in [-0.2, 0) is 5.41 Å². The summed E-state index contributed by atoms with van der Waals surface area (Å²) in [7, 11) is 3.87. The normalized spacial score (nSPS) is 19.3. The summed E-state index contributed by atoms with van der Waals surface area (Å²) in [6, 6.07) is 6.43. The van der Waals surface area contributed by atoms with Crippen molar-refractivity contribution in [1.82, 2.24) is 4.90 Å². The molecule has 3 nitrogen and oxygen atoms in total. The third kappa shape index (κ3) is 2.84. The Morgan fingerprint density at radius 2 is 1.95 bits per heavy atom. The van der Waals surface area contributed by atoms with Gasteiger partial charge >= 0.3 is 0 Å². The summed E-state index contributed by atoms with van der Waals surface area (Å²) in [4.78, 5) is 2.33. The summed E-state index contributed by atoms with van der Waals surface area (Å²) in [6.45, 7) is 6.68. The van der Waals surface area contributed by atoms with Crippen molar-refractivity contribution in [2.45, 2.75) is 38.0 Å². The lowest BCUT2D eigenvalue weighted by Crippen LogP contribution is -2.43. The molecular formula is C17H27NO2. The van der Waals surface area contributed by atoms with E-state index in [1.807, 2.05) is 0 Å². The number of aliphatic hydroxyl groups excluding tert-OH is 1. The molecule has 2 rings (SSSR count). The minimum Gasteiger partial charge on any atom is -0.496 e. The molecule has 1 aromatic rings. The monoisotopic (exact) mass is 277 g/mol. The third-order valence-electron chi connectivity index (χ3n) is 4.71. The lowest BCUT2D eigenvalue weighted by atomic mass is 9.72. The van der Waals surface area contributed by atoms with Gasteiger partial charge in [0.1, 0.15) is 5.75 Å². The second kappa shape index (κ2) is 6.15. The number of hydrogen-bond acceptors (Lipinski definition) is 3. The van der Waals surface area contributed by atoms with Gasteiger partial charge in [-0.25, -0.2) is 0 Å². The zero-order valence-electron chi connectivity index (χ0n) is 13.1. The minimum absolute atomic E-state index is 0.0809. The standard InChI is InChI=1S/C17H27NO2/c1-13(2)15-11-14(5-6-16(15)20-4)17(12-19)7-9-18(3)10-8-17/h5-6,11,13,19H,7-10,12H2,1-4H3. The first-order valence-electron chi connectivity index (χ1n) is 7.50. The Labute approximate surface area is 122 Å². The molecule has 0 atom stereocenters. The number of rotatable bonds is 4. The van der Waals surface area contributed by atoms with Crippen LogP contribution in [0.3, 0.4) is 0 Å². The zero-order valence-corrected chi connectivity index (χ0v) is 13.1. The maximum atomic E-state index is 9.99. The molecule has 20 heavy (non-hydrogen) atoms. The van der Waals surface area contributed by atoms with Crippen LogP contribution in [0, 0.1) is 0 Å². The fourth-order valence-corrected chi connectivity index (χ4v) is 3.10.